The summed E-state index contributed by atoms with van der Waals surface area (Å²) in [4.78, 5) is 0. The second kappa shape index (κ2) is 3.27. The van der Waals surface area contributed by atoms with Gasteiger partial charge < -0.3 is 5.73 Å². The Balaban J connectivity index is 2.02. The minimum Gasteiger partial charge on any atom is -0.399 e. The van der Waals surface area contributed by atoms with Crippen LogP contribution in [-0.2, 0) is 0 Å². The zero-order valence-corrected chi connectivity index (χ0v) is 8.69. The molecule has 1 nitrogen and oxygen atoms in total. The van der Waals surface area contributed by atoms with Crippen LogP contribution in [0.4, 0.5) is 5.69 Å². The third-order valence-electron chi connectivity index (χ3n) is 3.41. The van der Waals surface area contributed by atoms with Crippen molar-refractivity contribution in [3.63, 3.8) is 0 Å². The highest BCUT2D eigenvalue weighted by molar-refractivity contribution is 5.73. The summed E-state index contributed by atoms with van der Waals surface area (Å²) in [6.07, 6.45) is 9.70. The summed E-state index contributed by atoms with van der Waals surface area (Å²) in [5.74, 6) is 1.28. The van der Waals surface area contributed by atoms with Gasteiger partial charge in [-0.1, -0.05) is 30.4 Å². The highest BCUT2D eigenvalue weighted by Gasteiger charge is 2.24. The van der Waals surface area contributed by atoms with E-state index < -0.39 is 0 Å². The van der Waals surface area contributed by atoms with Gasteiger partial charge in [-0.25, -0.2) is 0 Å². The van der Waals surface area contributed by atoms with E-state index in [1.54, 1.807) is 0 Å². The molecule has 0 heterocycles. The number of anilines is 1. The van der Waals surface area contributed by atoms with Crippen LogP contribution in [-0.4, -0.2) is 0 Å². The molecule has 76 valence electrons. The normalized spacial score (nSPS) is 27.9. The zero-order valence-electron chi connectivity index (χ0n) is 8.69. The first-order valence-electron chi connectivity index (χ1n) is 5.59. The molecule has 0 amide bonds. The average Bonchev–Trinajstić information content (AvgIpc) is 2.30. The molecule has 2 N–H and O–H groups in total. The maximum atomic E-state index is 5.82. The second-order valence-corrected chi connectivity index (χ2v) is 4.48. The van der Waals surface area contributed by atoms with Gasteiger partial charge in [0.1, 0.15) is 0 Å². The molecule has 3 aliphatic rings. The lowest BCUT2D eigenvalue weighted by Gasteiger charge is -2.30. The van der Waals surface area contributed by atoms with Gasteiger partial charge >= 0.3 is 0 Å². The maximum absolute atomic E-state index is 5.82. The Kier molecular flexibility index (Phi) is 1.91. The van der Waals surface area contributed by atoms with Crippen LogP contribution >= 0.6 is 0 Å². The van der Waals surface area contributed by atoms with E-state index in [2.05, 4.69) is 30.4 Å². The van der Waals surface area contributed by atoms with E-state index in [1.807, 2.05) is 12.1 Å². The van der Waals surface area contributed by atoms with Gasteiger partial charge in [0.25, 0.3) is 0 Å². The fourth-order valence-electron chi connectivity index (χ4n) is 2.62. The minimum absolute atomic E-state index is 0.622. The lowest BCUT2D eigenvalue weighted by molar-refractivity contribution is 0.543. The Bertz CT molecular complexity index is 442. The number of rotatable bonds is 1. The SMILES string of the molecule is Nc1cccc(C2=CC3C=CC2CC3)c1. The topological polar surface area (TPSA) is 26.0 Å². The number of hydrogen-bond donors (Lipinski definition) is 1. The van der Waals surface area contributed by atoms with Gasteiger partial charge in [-0.3, -0.25) is 0 Å². The highest BCUT2D eigenvalue weighted by Crippen LogP contribution is 2.40. The lowest BCUT2D eigenvalue weighted by atomic mass is 9.74. The van der Waals surface area contributed by atoms with E-state index in [4.69, 9.17) is 5.73 Å². The molecule has 0 aromatic heterocycles. The van der Waals surface area contributed by atoms with Gasteiger partial charge in [-0.2, -0.15) is 0 Å². The van der Waals surface area contributed by atoms with Crippen LogP contribution in [0.25, 0.3) is 5.57 Å². The molecule has 2 unspecified atom stereocenters. The fraction of sp³-hybridized carbons (Fsp3) is 0.286. The van der Waals surface area contributed by atoms with Crippen molar-refractivity contribution in [1.29, 1.82) is 0 Å². The summed E-state index contributed by atoms with van der Waals surface area (Å²) in [6, 6.07) is 8.23. The van der Waals surface area contributed by atoms with E-state index in [0.29, 0.717) is 11.8 Å². The quantitative estimate of drug-likeness (QED) is 0.543. The summed E-state index contributed by atoms with van der Waals surface area (Å²) in [5, 5.41) is 0. The third kappa shape index (κ3) is 1.48. The van der Waals surface area contributed by atoms with Crippen LogP contribution in [0.3, 0.4) is 0 Å². The Morgan fingerprint density at radius 2 is 2.07 bits per heavy atom. The molecule has 0 fully saturated rings. The van der Waals surface area contributed by atoms with E-state index in [1.165, 1.54) is 24.0 Å². The first-order chi connectivity index (χ1) is 7.33. The molecule has 0 saturated carbocycles. The molecule has 1 aromatic carbocycles. The van der Waals surface area contributed by atoms with Crippen LogP contribution in [0, 0.1) is 11.8 Å². The van der Waals surface area contributed by atoms with E-state index in [0.717, 1.165) is 5.69 Å². The van der Waals surface area contributed by atoms with Crippen LogP contribution < -0.4 is 5.73 Å². The number of allylic oxidation sites excluding steroid dienone is 4. The summed E-state index contributed by atoms with van der Waals surface area (Å²) < 4.78 is 0. The first-order valence-corrected chi connectivity index (χ1v) is 5.59. The Labute approximate surface area is 90.3 Å². The number of fused-ring (bicyclic) bond motifs is 1. The second-order valence-electron chi connectivity index (χ2n) is 4.48. The summed E-state index contributed by atoms with van der Waals surface area (Å²) in [5.41, 5.74) is 9.45. The molecule has 2 atom stereocenters. The molecule has 0 spiro atoms. The van der Waals surface area contributed by atoms with Gasteiger partial charge in [0.2, 0.25) is 0 Å². The Hall–Kier alpha value is -1.50. The largest absolute Gasteiger partial charge is 0.399 e. The lowest BCUT2D eigenvalue weighted by Crippen LogP contribution is -2.16. The van der Waals surface area contributed by atoms with Gasteiger partial charge in [0, 0.05) is 11.6 Å². The molecule has 1 aromatic rings. The van der Waals surface area contributed by atoms with Gasteiger partial charge in [0.05, 0.1) is 0 Å². The van der Waals surface area contributed by atoms with Crippen molar-refractivity contribution in [3.8, 4) is 0 Å². The van der Waals surface area contributed by atoms with Crippen LogP contribution in [0.15, 0.2) is 42.5 Å². The van der Waals surface area contributed by atoms with Gasteiger partial charge in [0.15, 0.2) is 0 Å². The number of hydrogen-bond acceptors (Lipinski definition) is 1. The molecule has 3 aliphatic carbocycles. The van der Waals surface area contributed by atoms with Crippen molar-refractivity contribution >= 4 is 11.3 Å². The highest BCUT2D eigenvalue weighted by atomic mass is 14.5. The fourth-order valence-corrected chi connectivity index (χ4v) is 2.62. The standard InChI is InChI=1S/C14H15N/c15-13-3-1-2-12(9-13)14-8-10-4-6-11(14)7-5-10/h1-4,6,8-11H,5,7,15H2. The predicted molar refractivity (Wildman–Crippen MR) is 64.2 cm³/mol. The van der Waals surface area contributed by atoms with E-state index in [-0.39, 0.29) is 0 Å². The Morgan fingerprint density at radius 3 is 2.67 bits per heavy atom. The van der Waals surface area contributed by atoms with E-state index >= 15 is 0 Å². The monoisotopic (exact) mass is 197 g/mol. The average molecular weight is 197 g/mol. The zero-order chi connectivity index (χ0) is 10.3. The smallest absolute Gasteiger partial charge is 0.0320 e. The number of nitrogens with two attached hydrogens (primary N) is 1. The van der Waals surface area contributed by atoms with Gasteiger partial charge in [-0.15, -0.1) is 0 Å². The van der Waals surface area contributed by atoms with Crippen molar-refractivity contribution in [3.05, 3.63) is 48.1 Å². The van der Waals surface area contributed by atoms with Crippen molar-refractivity contribution in [2.75, 3.05) is 5.73 Å². The Morgan fingerprint density at radius 1 is 1.13 bits per heavy atom. The first kappa shape index (κ1) is 8.78. The number of benzene rings is 1. The molecule has 0 saturated heterocycles. The molecular formula is C14H15N. The van der Waals surface area contributed by atoms with Crippen LogP contribution in [0.1, 0.15) is 18.4 Å². The molecule has 15 heavy (non-hydrogen) atoms. The molecule has 0 radical (unpaired) electrons. The maximum Gasteiger partial charge on any atom is 0.0320 e. The summed E-state index contributed by atoms with van der Waals surface area (Å²) in [7, 11) is 0. The molecule has 2 bridgehead atoms. The van der Waals surface area contributed by atoms with Crippen molar-refractivity contribution in [2.45, 2.75) is 12.8 Å². The minimum atomic E-state index is 0.622. The number of nitrogen functional groups attached to an aromatic ring is 1. The predicted octanol–water partition coefficient (Wildman–Crippen LogP) is 3.25. The summed E-state index contributed by atoms with van der Waals surface area (Å²) in [6.45, 7) is 0. The van der Waals surface area contributed by atoms with Crippen molar-refractivity contribution < 1.29 is 0 Å². The molecule has 1 heteroatoms. The van der Waals surface area contributed by atoms with E-state index in [9.17, 15) is 0 Å². The third-order valence-corrected chi connectivity index (χ3v) is 3.41. The van der Waals surface area contributed by atoms with Gasteiger partial charge in [-0.05, 0) is 42.0 Å². The molecular weight excluding hydrogens is 182 g/mol. The molecule has 4 rings (SSSR count). The molecule has 0 aliphatic heterocycles. The van der Waals surface area contributed by atoms with Crippen molar-refractivity contribution in [1.82, 2.24) is 0 Å². The van der Waals surface area contributed by atoms with Crippen LogP contribution in [0.5, 0.6) is 0 Å². The van der Waals surface area contributed by atoms with Crippen LogP contribution in [0.2, 0.25) is 0 Å². The van der Waals surface area contributed by atoms with Crippen molar-refractivity contribution in [2.24, 2.45) is 11.8 Å². The summed E-state index contributed by atoms with van der Waals surface area (Å²) >= 11 is 0.